The second-order valence-corrected chi connectivity index (χ2v) is 10.5. The number of rotatable bonds is 6. The van der Waals surface area contributed by atoms with Gasteiger partial charge in [0.15, 0.2) is 6.29 Å². The van der Waals surface area contributed by atoms with E-state index in [1.54, 1.807) is 6.07 Å². The number of carbonyl (C=O) groups excluding carboxylic acids is 1. The Hall–Kier alpha value is -2.93. The molecule has 150 valence electrons. The first-order chi connectivity index (χ1) is 14.2. The number of aldehydes is 1. The minimum atomic E-state index is -2.02. The lowest BCUT2D eigenvalue weighted by molar-refractivity contribution is -0.0000133. The Morgan fingerprint density at radius 2 is 1.10 bits per heavy atom. The lowest BCUT2D eigenvalue weighted by atomic mass is 10.1. The van der Waals surface area contributed by atoms with Gasteiger partial charge in [-0.15, -0.1) is 0 Å². The van der Waals surface area contributed by atoms with Crippen LogP contribution in [-0.2, 0) is 6.16 Å². The Labute approximate surface area is 184 Å². The Balaban J connectivity index is 0.00000256. The molecule has 4 rings (SSSR count). The standard InChI is InChI=1S/C26H21O2P.ClH/c27-19-22-18-21(16-17-26(22)28)20-29(23-10-4-1-5-11-23,24-12-6-2-7-13-24)25-14-8-3-9-15-25;/h1-19H,20H2;1H. The van der Waals surface area contributed by atoms with E-state index >= 15 is 0 Å². The summed E-state index contributed by atoms with van der Waals surface area (Å²) in [7, 11) is -2.02. The summed E-state index contributed by atoms with van der Waals surface area (Å²) in [4.78, 5) is 11.4. The van der Waals surface area contributed by atoms with E-state index in [2.05, 4.69) is 72.8 Å². The summed E-state index contributed by atoms with van der Waals surface area (Å²) in [5, 5.41) is 13.8. The van der Waals surface area contributed by atoms with E-state index in [1.807, 2.05) is 30.3 Å². The average Bonchev–Trinajstić information content (AvgIpc) is 2.80. The highest BCUT2D eigenvalue weighted by atomic mass is 35.5. The summed E-state index contributed by atoms with van der Waals surface area (Å²) >= 11 is 0. The van der Waals surface area contributed by atoms with Gasteiger partial charge in [0.2, 0.25) is 0 Å². The molecular weight excluding hydrogens is 411 g/mol. The first kappa shape index (κ1) is 21.8. The summed E-state index contributed by atoms with van der Waals surface area (Å²) in [6.07, 6.45) is 1.48. The zero-order chi connectivity index (χ0) is 20.1. The summed E-state index contributed by atoms with van der Waals surface area (Å²) in [6.45, 7) is 0. The van der Waals surface area contributed by atoms with Gasteiger partial charge in [0.25, 0.3) is 0 Å². The normalized spacial score (nSPS) is 10.8. The molecule has 4 aromatic carbocycles. The molecule has 0 bridgehead atoms. The van der Waals surface area contributed by atoms with Crippen molar-refractivity contribution < 1.29 is 22.3 Å². The van der Waals surface area contributed by atoms with E-state index in [0.29, 0.717) is 11.8 Å². The van der Waals surface area contributed by atoms with Gasteiger partial charge in [0, 0.05) is 0 Å². The second-order valence-electron chi connectivity index (χ2n) is 6.99. The fraction of sp³-hybridized carbons (Fsp3) is 0.0385. The monoisotopic (exact) mass is 432 g/mol. The maximum absolute atomic E-state index is 11.4. The Kier molecular flexibility index (Phi) is 7.05. The molecule has 0 atom stereocenters. The molecular formula is C26H22ClO2P. The van der Waals surface area contributed by atoms with Crippen LogP contribution in [0.2, 0.25) is 0 Å². The van der Waals surface area contributed by atoms with Crippen molar-refractivity contribution in [3.05, 3.63) is 120 Å². The van der Waals surface area contributed by atoms with Crippen LogP contribution in [0.4, 0.5) is 0 Å². The molecule has 2 nitrogen and oxygen atoms in total. The number of carbonyl (C=O) groups is 1. The van der Waals surface area contributed by atoms with Crippen LogP contribution in [0.3, 0.4) is 0 Å². The first-order valence-corrected chi connectivity index (χ1v) is 11.5. The van der Waals surface area contributed by atoms with Gasteiger partial charge in [-0.2, -0.15) is 0 Å². The highest BCUT2D eigenvalue weighted by molar-refractivity contribution is 7.95. The van der Waals surface area contributed by atoms with Crippen molar-refractivity contribution in [1.82, 2.24) is 0 Å². The third-order valence-electron chi connectivity index (χ3n) is 5.23. The lowest BCUT2D eigenvalue weighted by Crippen LogP contribution is -3.00. The number of hydrogen-bond acceptors (Lipinski definition) is 2. The van der Waals surface area contributed by atoms with Gasteiger partial charge in [0.05, 0.1) is 11.7 Å². The molecule has 4 aromatic rings. The maximum Gasteiger partial charge on any atom is 0.153 e. The minimum absolute atomic E-state index is 0. The Morgan fingerprint density at radius 1 is 0.667 bits per heavy atom. The van der Waals surface area contributed by atoms with Crippen LogP contribution >= 0.6 is 7.26 Å². The molecule has 0 aliphatic rings. The van der Waals surface area contributed by atoms with E-state index in [9.17, 15) is 9.90 Å². The van der Waals surface area contributed by atoms with Gasteiger partial charge in [0.1, 0.15) is 28.9 Å². The smallest absolute Gasteiger partial charge is 0.153 e. The molecule has 0 unspecified atom stereocenters. The first-order valence-electron chi connectivity index (χ1n) is 9.56. The summed E-state index contributed by atoms with van der Waals surface area (Å²) < 4.78 is 0. The van der Waals surface area contributed by atoms with E-state index in [1.165, 1.54) is 15.9 Å². The van der Waals surface area contributed by atoms with E-state index < -0.39 is 7.26 Å². The van der Waals surface area contributed by atoms with Gasteiger partial charge >= 0.3 is 0 Å². The Bertz CT molecular complexity index is 1000. The molecule has 4 heteroatoms. The topological polar surface area (TPSA) is 37.3 Å². The van der Waals surface area contributed by atoms with Crippen LogP contribution in [0, 0.1) is 0 Å². The van der Waals surface area contributed by atoms with Crippen molar-refractivity contribution in [2.24, 2.45) is 0 Å². The Morgan fingerprint density at radius 3 is 1.50 bits per heavy atom. The number of benzene rings is 4. The maximum atomic E-state index is 11.4. The van der Waals surface area contributed by atoms with E-state index in [0.717, 1.165) is 11.7 Å². The minimum Gasteiger partial charge on any atom is -1.00 e. The molecule has 0 aliphatic carbocycles. The van der Waals surface area contributed by atoms with Gasteiger partial charge in [-0.1, -0.05) is 60.7 Å². The molecule has 0 aromatic heterocycles. The van der Waals surface area contributed by atoms with Gasteiger partial charge in [-0.25, -0.2) is 0 Å². The van der Waals surface area contributed by atoms with Crippen LogP contribution in [0.25, 0.3) is 0 Å². The highest BCUT2D eigenvalue weighted by Crippen LogP contribution is 2.58. The zero-order valence-electron chi connectivity index (χ0n) is 16.4. The number of phenols is 1. The highest BCUT2D eigenvalue weighted by Gasteiger charge is 2.45. The van der Waals surface area contributed by atoms with Crippen LogP contribution < -0.4 is 28.3 Å². The molecule has 1 N–H and O–H groups in total. The van der Waals surface area contributed by atoms with Crippen molar-refractivity contribution in [1.29, 1.82) is 0 Å². The molecule has 30 heavy (non-hydrogen) atoms. The second kappa shape index (κ2) is 9.71. The average molecular weight is 433 g/mol. The van der Waals surface area contributed by atoms with Crippen LogP contribution in [0.1, 0.15) is 15.9 Å². The SMILES string of the molecule is O=Cc1cc(C[P+](c2ccccc2)(c2ccccc2)c2ccccc2)ccc1O.[Cl-]. The van der Waals surface area contributed by atoms with Crippen LogP contribution in [0.15, 0.2) is 109 Å². The number of aromatic hydroxyl groups is 1. The van der Waals surface area contributed by atoms with Gasteiger partial charge in [-0.3, -0.25) is 4.79 Å². The summed E-state index contributed by atoms with van der Waals surface area (Å²) in [6, 6.07) is 37.2. The van der Waals surface area contributed by atoms with E-state index in [4.69, 9.17) is 0 Å². The molecule has 0 fully saturated rings. The summed E-state index contributed by atoms with van der Waals surface area (Å²) in [5.41, 5.74) is 1.37. The third kappa shape index (κ3) is 4.16. The number of phenolic OH excluding ortho intramolecular Hbond substituents is 1. The summed E-state index contributed by atoms with van der Waals surface area (Å²) in [5.74, 6) is 0.0202. The van der Waals surface area contributed by atoms with Crippen LogP contribution in [-0.4, -0.2) is 11.4 Å². The van der Waals surface area contributed by atoms with Crippen molar-refractivity contribution in [3.8, 4) is 5.75 Å². The van der Waals surface area contributed by atoms with Crippen molar-refractivity contribution in [2.75, 3.05) is 0 Å². The van der Waals surface area contributed by atoms with Crippen molar-refractivity contribution in [3.63, 3.8) is 0 Å². The van der Waals surface area contributed by atoms with E-state index in [-0.39, 0.29) is 18.2 Å². The molecule has 0 heterocycles. The predicted molar refractivity (Wildman–Crippen MR) is 122 cm³/mol. The predicted octanol–water partition coefficient (Wildman–Crippen LogP) is 1.70. The molecule has 0 amide bonds. The third-order valence-corrected chi connectivity index (χ3v) is 9.61. The van der Waals surface area contributed by atoms with Gasteiger partial charge in [-0.05, 0) is 54.1 Å². The molecule has 0 saturated heterocycles. The van der Waals surface area contributed by atoms with Gasteiger partial charge < -0.3 is 17.5 Å². The molecule has 0 saturated carbocycles. The zero-order valence-corrected chi connectivity index (χ0v) is 18.0. The molecule has 0 radical (unpaired) electrons. The number of halogens is 1. The number of hydrogen-bond donors (Lipinski definition) is 1. The lowest BCUT2D eigenvalue weighted by Gasteiger charge is -2.28. The quantitative estimate of drug-likeness (QED) is 0.372. The largest absolute Gasteiger partial charge is 1.00 e. The molecule has 0 spiro atoms. The van der Waals surface area contributed by atoms with Crippen molar-refractivity contribution >= 4 is 29.5 Å². The molecule has 0 aliphatic heterocycles. The fourth-order valence-corrected chi connectivity index (χ4v) is 8.07. The fourth-order valence-electron chi connectivity index (χ4n) is 3.84. The van der Waals surface area contributed by atoms with Crippen molar-refractivity contribution in [2.45, 2.75) is 6.16 Å². The van der Waals surface area contributed by atoms with Crippen LogP contribution in [0.5, 0.6) is 5.75 Å².